The molecule has 0 aliphatic carbocycles. The molecule has 3 amide bonds. The van der Waals surface area contributed by atoms with Gasteiger partial charge in [-0.05, 0) is 37.1 Å². The number of amides is 3. The molecule has 2 heterocycles. The smallest absolute Gasteiger partial charge is 0.319 e. The Morgan fingerprint density at radius 3 is 2.61 bits per heavy atom. The molecule has 8 heteroatoms. The van der Waals surface area contributed by atoms with E-state index in [4.69, 9.17) is 0 Å². The second-order valence-electron chi connectivity index (χ2n) is 7.53. The minimum atomic E-state index is -0.339. The molecule has 0 atom stereocenters. The first-order chi connectivity index (χ1) is 15.2. The summed E-state index contributed by atoms with van der Waals surface area (Å²) in [6.45, 7) is 1.16. The van der Waals surface area contributed by atoms with Crippen LogP contribution in [0, 0.1) is 0 Å². The first-order valence-electron chi connectivity index (χ1n) is 10.6. The summed E-state index contributed by atoms with van der Waals surface area (Å²) in [4.78, 5) is 24.2. The van der Waals surface area contributed by atoms with E-state index in [1.807, 2.05) is 42.5 Å². The zero-order chi connectivity index (χ0) is 21.5. The maximum absolute atomic E-state index is 12.3. The van der Waals surface area contributed by atoms with Crippen molar-refractivity contribution in [2.24, 2.45) is 0 Å². The summed E-state index contributed by atoms with van der Waals surface area (Å²) >= 11 is 0. The highest BCUT2D eigenvalue weighted by molar-refractivity contribution is 5.92. The molecule has 3 N–H and O–H groups in total. The lowest BCUT2D eigenvalue weighted by Gasteiger charge is -2.10. The molecule has 0 bridgehead atoms. The van der Waals surface area contributed by atoms with Gasteiger partial charge in [-0.3, -0.25) is 4.79 Å². The molecule has 2 aromatic carbocycles. The lowest BCUT2D eigenvalue weighted by atomic mass is 10.2. The topological polar surface area (TPSA) is 101 Å². The van der Waals surface area contributed by atoms with Crippen LogP contribution in [-0.4, -0.2) is 33.2 Å². The molecule has 8 nitrogen and oxygen atoms in total. The van der Waals surface area contributed by atoms with Gasteiger partial charge in [-0.2, -0.15) is 0 Å². The first-order valence-corrected chi connectivity index (χ1v) is 10.6. The number of nitrogens with one attached hydrogen (secondary N) is 3. The van der Waals surface area contributed by atoms with Crippen LogP contribution in [-0.2, 0) is 17.8 Å². The molecule has 1 aliphatic heterocycles. The number of benzene rings is 2. The minimum absolute atomic E-state index is 0.169. The molecule has 160 valence electrons. The van der Waals surface area contributed by atoms with E-state index in [0.717, 1.165) is 43.0 Å². The van der Waals surface area contributed by atoms with Crippen LogP contribution < -0.4 is 16.0 Å². The van der Waals surface area contributed by atoms with Crippen LogP contribution in [0.2, 0.25) is 0 Å². The van der Waals surface area contributed by atoms with Gasteiger partial charge in [-0.1, -0.05) is 36.8 Å². The fourth-order valence-electron chi connectivity index (χ4n) is 3.64. The zero-order valence-corrected chi connectivity index (χ0v) is 17.3. The number of aryl methyl sites for hydroxylation is 1. The van der Waals surface area contributed by atoms with Gasteiger partial charge in [-0.15, -0.1) is 10.2 Å². The van der Waals surface area contributed by atoms with Crippen LogP contribution in [0.3, 0.4) is 0 Å². The largest absolute Gasteiger partial charge is 0.337 e. The maximum Gasteiger partial charge on any atom is 0.319 e. The lowest BCUT2D eigenvalue weighted by molar-refractivity contribution is -0.116. The number of hydrogen-bond acceptors (Lipinski definition) is 4. The van der Waals surface area contributed by atoms with E-state index < -0.39 is 0 Å². The molecule has 4 rings (SSSR count). The van der Waals surface area contributed by atoms with Crippen molar-refractivity contribution in [2.45, 2.75) is 38.6 Å². The highest BCUT2D eigenvalue weighted by Gasteiger charge is 2.16. The van der Waals surface area contributed by atoms with Gasteiger partial charge in [0.25, 0.3) is 0 Å². The van der Waals surface area contributed by atoms with Gasteiger partial charge in [0.05, 0.1) is 0 Å². The van der Waals surface area contributed by atoms with Crippen molar-refractivity contribution < 1.29 is 9.59 Å². The number of aromatic nitrogens is 3. The van der Waals surface area contributed by atoms with Crippen molar-refractivity contribution >= 4 is 23.3 Å². The third-order valence-electron chi connectivity index (χ3n) is 5.18. The van der Waals surface area contributed by atoms with Crippen LogP contribution >= 0.6 is 0 Å². The van der Waals surface area contributed by atoms with Gasteiger partial charge < -0.3 is 20.5 Å². The molecule has 1 aliphatic rings. The second kappa shape index (κ2) is 9.88. The summed E-state index contributed by atoms with van der Waals surface area (Å²) in [6.07, 6.45) is 4.60. The van der Waals surface area contributed by atoms with E-state index >= 15 is 0 Å². The second-order valence-corrected chi connectivity index (χ2v) is 7.53. The predicted octanol–water partition coefficient (Wildman–Crippen LogP) is 3.82. The number of hydrogen-bond donors (Lipinski definition) is 3. The molecule has 0 unspecified atom stereocenters. The van der Waals surface area contributed by atoms with Crippen molar-refractivity contribution in [1.82, 2.24) is 20.1 Å². The lowest BCUT2D eigenvalue weighted by Crippen LogP contribution is -2.31. The van der Waals surface area contributed by atoms with E-state index in [1.54, 1.807) is 12.1 Å². The van der Waals surface area contributed by atoms with Crippen molar-refractivity contribution in [1.29, 1.82) is 0 Å². The highest BCUT2D eigenvalue weighted by Crippen LogP contribution is 2.24. The third kappa shape index (κ3) is 5.48. The Hall–Kier alpha value is -3.68. The standard InChI is InChI=1S/C23H26N6O2/c30-21(13-14-24-23(31)26-18-9-3-1-4-10-18)25-19-11-7-8-17(16-19)22-28-27-20-12-5-2-6-15-29(20)22/h1,3-4,7-11,16H,2,5-6,12-15H2,(H,25,30)(H2,24,26,31). The van der Waals surface area contributed by atoms with E-state index in [2.05, 4.69) is 30.7 Å². The Morgan fingerprint density at radius 1 is 0.903 bits per heavy atom. The maximum atomic E-state index is 12.3. The number of carbonyl (C=O) groups excluding carboxylic acids is 2. The molecule has 0 saturated heterocycles. The van der Waals surface area contributed by atoms with Crippen molar-refractivity contribution in [3.05, 3.63) is 60.4 Å². The number of anilines is 2. The number of nitrogens with zero attached hydrogens (tertiary/aromatic N) is 3. The molecule has 0 radical (unpaired) electrons. The summed E-state index contributed by atoms with van der Waals surface area (Å²) in [5.74, 6) is 1.70. The van der Waals surface area contributed by atoms with E-state index in [0.29, 0.717) is 11.4 Å². The zero-order valence-electron chi connectivity index (χ0n) is 17.3. The molecule has 0 fully saturated rings. The Labute approximate surface area is 181 Å². The van der Waals surface area contributed by atoms with E-state index in [9.17, 15) is 9.59 Å². The van der Waals surface area contributed by atoms with Gasteiger partial charge in [-0.25, -0.2) is 4.79 Å². The van der Waals surface area contributed by atoms with E-state index in [1.165, 1.54) is 6.42 Å². The highest BCUT2D eigenvalue weighted by atomic mass is 16.2. The minimum Gasteiger partial charge on any atom is -0.337 e. The summed E-state index contributed by atoms with van der Waals surface area (Å²) < 4.78 is 2.18. The fourth-order valence-corrected chi connectivity index (χ4v) is 3.64. The van der Waals surface area contributed by atoms with Crippen LogP contribution in [0.4, 0.5) is 16.2 Å². The van der Waals surface area contributed by atoms with Crippen LogP contribution in [0.25, 0.3) is 11.4 Å². The van der Waals surface area contributed by atoms with Crippen LogP contribution in [0.5, 0.6) is 0 Å². The van der Waals surface area contributed by atoms with Crippen molar-refractivity contribution in [3.63, 3.8) is 0 Å². The number of fused-ring (bicyclic) bond motifs is 1. The Bertz CT molecular complexity index is 1050. The molecule has 3 aromatic rings. The summed E-state index contributed by atoms with van der Waals surface area (Å²) in [7, 11) is 0. The number of carbonyl (C=O) groups is 2. The Balaban J connectivity index is 1.30. The van der Waals surface area contributed by atoms with E-state index in [-0.39, 0.29) is 24.9 Å². The van der Waals surface area contributed by atoms with Gasteiger partial charge in [0.2, 0.25) is 5.91 Å². The van der Waals surface area contributed by atoms with Gasteiger partial charge >= 0.3 is 6.03 Å². The first kappa shape index (κ1) is 20.6. The quantitative estimate of drug-likeness (QED) is 0.566. The van der Waals surface area contributed by atoms with Gasteiger partial charge in [0, 0.05) is 42.9 Å². The summed E-state index contributed by atoms with van der Waals surface area (Å²) in [5.41, 5.74) is 2.33. The average Bonchev–Trinajstić information content (AvgIpc) is 3.03. The van der Waals surface area contributed by atoms with Crippen molar-refractivity contribution in [2.75, 3.05) is 17.2 Å². The third-order valence-corrected chi connectivity index (χ3v) is 5.18. The monoisotopic (exact) mass is 418 g/mol. The summed E-state index contributed by atoms with van der Waals surface area (Å²) in [6, 6.07) is 16.5. The molecule has 0 spiro atoms. The number of rotatable bonds is 6. The molecular weight excluding hydrogens is 392 g/mol. The Kier molecular flexibility index (Phi) is 6.56. The Morgan fingerprint density at radius 2 is 1.74 bits per heavy atom. The normalized spacial score (nSPS) is 13.0. The molecular formula is C23H26N6O2. The van der Waals surface area contributed by atoms with Crippen molar-refractivity contribution in [3.8, 4) is 11.4 Å². The molecule has 0 saturated carbocycles. The van der Waals surface area contributed by atoms with Crippen LogP contribution in [0.1, 0.15) is 31.5 Å². The van der Waals surface area contributed by atoms with Crippen LogP contribution in [0.15, 0.2) is 54.6 Å². The average molecular weight is 419 g/mol. The molecule has 1 aromatic heterocycles. The summed E-state index contributed by atoms with van der Waals surface area (Å²) in [5, 5.41) is 17.0. The fraction of sp³-hybridized carbons (Fsp3) is 0.304. The number of urea groups is 1. The molecule has 31 heavy (non-hydrogen) atoms. The predicted molar refractivity (Wildman–Crippen MR) is 120 cm³/mol. The van der Waals surface area contributed by atoms with Gasteiger partial charge in [0.1, 0.15) is 5.82 Å². The SMILES string of the molecule is O=C(CCNC(=O)Nc1ccccc1)Nc1cccc(-c2nnc3n2CCCCC3)c1. The number of para-hydroxylation sites is 1. The van der Waals surface area contributed by atoms with Gasteiger partial charge in [0.15, 0.2) is 5.82 Å².